The molecule has 0 aromatic heterocycles. The highest BCUT2D eigenvalue weighted by Crippen LogP contribution is 2.19. The quantitative estimate of drug-likeness (QED) is 0.750. The van der Waals surface area contributed by atoms with Crippen LogP contribution in [0.3, 0.4) is 0 Å². The number of rotatable bonds is 4. The van der Waals surface area contributed by atoms with Crippen molar-refractivity contribution in [3.05, 3.63) is 42.0 Å². The van der Waals surface area contributed by atoms with E-state index in [1.165, 1.54) is 0 Å². The largest absolute Gasteiger partial charge is 0.389 e. The summed E-state index contributed by atoms with van der Waals surface area (Å²) < 4.78 is 0. The standard InChI is InChI=1S/C11H13ClO2/c1-2-8-4-3-5-9(6-8)11(14)10(13)7-12/h2-6,10-11,13-14H,1,7H2. The summed E-state index contributed by atoms with van der Waals surface area (Å²) >= 11 is 5.44. The Labute approximate surface area is 88.5 Å². The third kappa shape index (κ3) is 2.58. The second kappa shape index (κ2) is 5.15. The smallest absolute Gasteiger partial charge is 0.106 e. The number of hydrogen-bond donors (Lipinski definition) is 2. The molecule has 2 nitrogen and oxygen atoms in total. The molecule has 1 aromatic carbocycles. The van der Waals surface area contributed by atoms with Gasteiger partial charge in [0.1, 0.15) is 6.10 Å². The third-order valence-corrected chi connectivity index (χ3v) is 2.33. The van der Waals surface area contributed by atoms with Crippen molar-refractivity contribution in [1.82, 2.24) is 0 Å². The topological polar surface area (TPSA) is 40.5 Å². The van der Waals surface area contributed by atoms with Gasteiger partial charge >= 0.3 is 0 Å². The fourth-order valence-electron chi connectivity index (χ4n) is 1.18. The maximum atomic E-state index is 9.64. The van der Waals surface area contributed by atoms with E-state index in [0.717, 1.165) is 5.56 Å². The molecule has 3 heteroatoms. The van der Waals surface area contributed by atoms with Gasteiger partial charge < -0.3 is 10.2 Å². The summed E-state index contributed by atoms with van der Waals surface area (Å²) in [6.45, 7) is 3.63. The van der Waals surface area contributed by atoms with E-state index < -0.39 is 12.2 Å². The molecule has 2 N–H and O–H groups in total. The van der Waals surface area contributed by atoms with Crippen LogP contribution < -0.4 is 0 Å². The molecule has 0 saturated carbocycles. The van der Waals surface area contributed by atoms with E-state index >= 15 is 0 Å². The van der Waals surface area contributed by atoms with Crippen LogP contribution in [-0.2, 0) is 0 Å². The summed E-state index contributed by atoms with van der Waals surface area (Å²) in [6.07, 6.45) is -0.187. The van der Waals surface area contributed by atoms with Gasteiger partial charge in [0, 0.05) is 0 Å². The molecule has 0 bridgehead atoms. The van der Waals surface area contributed by atoms with E-state index in [4.69, 9.17) is 11.6 Å². The Hall–Kier alpha value is -0.830. The Kier molecular flexibility index (Phi) is 4.14. The van der Waals surface area contributed by atoms with E-state index in [1.54, 1.807) is 24.3 Å². The first-order valence-electron chi connectivity index (χ1n) is 4.33. The third-order valence-electron chi connectivity index (χ3n) is 2.01. The predicted octanol–water partition coefficient (Wildman–Crippen LogP) is 1.96. The summed E-state index contributed by atoms with van der Waals surface area (Å²) in [7, 11) is 0. The molecule has 0 aliphatic rings. The monoisotopic (exact) mass is 212 g/mol. The van der Waals surface area contributed by atoms with Gasteiger partial charge in [0.05, 0.1) is 12.0 Å². The molecule has 1 aromatic rings. The van der Waals surface area contributed by atoms with Gasteiger partial charge in [0.25, 0.3) is 0 Å². The van der Waals surface area contributed by atoms with Crippen molar-refractivity contribution >= 4 is 17.7 Å². The molecule has 0 aliphatic heterocycles. The average Bonchev–Trinajstić information content (AvgIpc) is 2.27. The fraction of sp³-hybridized carbons (Fsp3) is 0.273. The van der Waals surface area contributed by atoms with E-state index in [-0.39, 0.29) is 5.88 Å². The lowest BCUT2D eigenvalue weighted by molar-refractivity contribution is 0.0327. The molecule has 0 spiro atoms. The molecule has 2 unspecified atom stereocenters. The summed E-state index contributed by atoms with van der Waals surface area (Å²) in [5.74, 6) is 0.0134. The van der Waals surface area contributed by atoms with Crippen LogP contribution in [-0.4, -0.2) is 22.2 Å². The van der Waals surface area contributed by atoms with Crippen LogP contribution in [0.25, 0.3) is 6.08 Å². The summed E-state index contributed by atoms with van der Waals surface area (Å²) in [6, 6.07) is 7.19. The molecule has 0 aliphatic carbocycles. The van der Waals surface area contributed by atoms with Crippen LogP contribution in [0.5, 0.6) is 0 Å². The molecule has 0 radical (unpaired) electrons. The van der Waals surface area contributed by atoms with Crippen LogP contribution in [0.1, 0.15) is 17.2 Å². The first-order valence-corrected chi connectivity index (χ1v) is 4.87. The molecular weight excluding hydrogens is 200 g/mol. The zero-order chi connectivity index (χ0) is 10.6. The lowest BCUT2D eigenvalue weighted by Crippen LogP contribution is -2.19. The minimum Gasteiger partial charge on any atom is -0.389 e. The molecule has 76 valence electrons. The Morgan fingerprint density at radius 1 is 1.43 bits per heavy atom. The van der Waals surface area contributed by atoms with Crippen LogP contribution in [0, 0.1) is 0 Å². The Morgan fingerprint density at radius 2 is 2.14 bits per heavy atom. The van der Waals surface area contributed by atoms with Crippen molar-refractivity contribution in [1.29, 1.82) is 0 Å². The van der Waals surface area contributed by atoms with Crippen molar-refractivity contribution in [3.8, 4) is 0 Å². The molecule has 2 atom stereocenters. The van der Waals surface area contributed by atoms with Crippen molar-refractivity contribution in [2.45, 2.75) is 12.2 Å². The highest BCUT2D eigenvalue weighted by atomic mass is 35.5. The highest BCUT2D eigenvalue weighted by Gasteiger charge is 2.16. The zero-order valence-electron chi connectivity index (χ0n) is 7.73. The number of benzene rings is 1. The summed E-state index contributed by atoms with van der Waals surface area (Å²) in [5, 5.41) is 19.0. The number of aliphatic hydroxyl groups is 2. The molecule has 14 heavy (non-hydrogen) atoms. The maximum absolute atomic E-state index is 9.64. The summed E-state index contributed by atoms with van der Waals surface area (Å²) in [5.41, 5.74) is 1.55. The molecule has 0 heterocycles. The zero-order valence-corrected chi connectivity index (χ0v) is 8.48. The van der Waals surface area contributed by atoms with Crippen molar-refractivity contribution < 1.29 is 10.2 Å². The first kappa shape index (κ1) is 11.2. The van der Waals surface area contributed by atoms with Crippen molar-refractivity contribution in [2.75, 3.05) is 5.88 Å². The predicted molar refractivity (Wildman–Crippen MR) is 58.2 cm³/mol. The fourth-order valence-corrected chi connectivity index (χ4v) is 1.35. The molecule has 0 amide bonds. The molecule has 0 fully saturated rings. The second-order valence-corrected chi connectivity index (χ2v) is 3.35. The Morgan fingerprint density at radius 3 is 2.71 bits per heavy atom. The minimum atomic E-state index is -0.938. The van der Waals surface area contributed by atoms with Gasteiger partial charge in [-0.2, -0.15) is 0 Å². The number of aliphatic hydroxyl groups excluding tert-OH is 2. The number of hydrogen-bond acceptors (Lipinski definition) is 2. The van der Waals surface area contributed by atoms with E-state index in [1.807, 2.05) is 6.07 Å². The first-order chi connectivity index (χ1) is 6.69. The normalized spacial score (nSPS) is 14.8. The average molecular weight is 213 g/mol. The van der Waals surface area contributed by atoms with Gasteiger partial charge in [0.2, 0.25) is 0 Å². The van der Waals surface area contributed by atoms with E-state index in [0.29, 0.717) is 5.56 Å². The highest BCUT2D eigenvalue weighted by molar-refractivity contribution is 6.18. The number of halogens is 1. The Bertz CT molecular complexity index is 312. The molecule has 1 rings (SSSR count). The Balaban J connectivity index is 2.89. The second-order valence-electron chi connectivity index (χ2n) is 3.04. The van der Waals surface area contributed by atoms with Gasteiger partial charge in [-0.05, 0) is 17.2 Å². The van der Waals surface area contributed by atoms with Crippen molar-refractivity contribution in [2.24, 2.45) is 0 Å². The van der Waals surface area contributed by atoms with Crippen LogP contribution >= 0.6 is 11.6 Å². The van der Waals surface area contributed by atoms with Gasteiger partial charge in [-0.25, -0.2) is 0 Å². The van der Waals surface area contributed by atoms with Gasteiger partial charge in [0.15, 0.2) is 0 Å². The SMILES string of the molecule is C=Cc1cccc(C(O)C(O)CCl)c1. The van der Waals surface area contributed by atoms with E-state index in [9.17, 15) is 10.2 Å². The number of alkyl halides is 1. The van der Waals surface area contributed by atoms with Gasteiger partial charge in [-0.3, -0.25) is 0 Å². The van der Waals surface area contributed by atoms with E-state index in [2.05, 4.69) is 6.58 Å². The van der Waals surface area contributed by atoms with Gasteiger partial charge in [-0.1, -0.05) is 30.9 Å². The van der Waals surface area contributed by atoms with Crippen molar-refractivity contribution in [3.63, 3.8) is 0 Å². The van der Waals surface area contributed by atoms with Crippen LogP contribution in [0.15, 0.2) is 30.8 Å². The maximum Gasteiger partial charge on any atom is 0.106 e. The molecule has 0 saturated heterocycles. The lowest BCUT2D eigenvalue weighted by atomic mass is 10.0. The minimum absolute atomic E-state index is 0.0134. The summed E-state index contributed by atoms with van der Waals surface area (Å²) in [4.78, 5) is 0. The lowest BCUT2D eigenvalue weighted by Gasteiger charge is -2.15. The molecular formula is C11H13ClO2. The van der Waals surface area contributed by atoms with Crippen LogP contribution in [0.4, 0.5) is 0 Å². The van der Waals surface area contributed by atoms with Gasteiger partial charge in [-0.15, -0.1) is 11.6 Å². The van der Waals surface area contributed by atoms with Crippen LogP contribution in [0.2, 0.25) is 0 Å².